The van der Waals surface area contributed by atoms with Gasteiger partial charge in [0.15, 0.2) is 11.5 Å². The molecule has 0 saturated heterocycles. The van der Waals surface area contributed by atoms with Gasteiger partial charge >= 0.3 is 0 Å². The van der Waals surface area contributed by atoms with Crippen LogP contribution >= 0.6 is 0 Å². The van der Waals surface area contributed by atoms with Crippen LogP contribution in [0.3, 0.4) is 0 Å². The Kier molecular flexibility index (Phi) is 5.20. The fourth-order valence-corrected chi connectivity index (χ4v) is 3.33. The van der Waals surface area contributed by atoms with E-state index in [1.54, 1.807) is 27.4 Å². The van der Waals surface area contributed by atoms with Crippen molar-refractivity contribution in [3.05, 3.63) is 72.8 Å². The van der Waals surface area contributed by atoms with Crippen molar-refractivity contribution in [1.29, 1.82) is 0 Å². The summed E-state index contributed by atoms with van der Waals surface area (Å²) in [5.74, 6) is 2.56. The maximum atomic E-state index is 5.61. The lowest BCUT2D eigenvalue weighted by Gasteiger charge is -2.12. The molecule has 0 bridgehead atoms. The zero-order chi connectivity index (χ0) is 20.2. The Hall–Kier alpha value is -3.73. The second-order valence-corrected chi connectivity index (χ2v) is 6.45. The van der Waals surface area contributed by atoms with Crippen LogP contribution in [0, 0.1) is 0 Å². The third-order valence-corrected chi connectivity index (χ3v) is 4.77. The summed E-state index contributed by atoms with van der Waals surface area (Å²) in [6.07, 6.45) is 0. The van der Waals surface area contributed by atoms with E-state index < -0.39 is 0 Å². The second-order valence-electron chi connectivity index (χ2n) is 6.45. The number of aromatic amines is 1. The number of hydrogen-bond donors (Lipinski definition) is 1. The molecule has 4 rings (SSSR count). The lowest BCUT2D eigenvalue weighted by atomic mass is 10.1. The highest BCUT2D eigenvalue weighted by Crippen LogP contribution is 2.41. The lowest BCUT2D eigenvalue weighted by Crippen LogP contribution is -1.95. The van der Waals surface area contributed by atoms with E-state index in [1.807, 2.05) is 42.5 Å². The summed E-state index contributed by atoms with van der Waals surface area (Å²) in [4.78, 5) is 8.42. The first-order valence-corrected chi connectivity index (χ1v) is 9.26. The van der Waals surface area contributed by atoms with Crippen molar-refractivity contribution in [2.45, 2.75) is 0 Å². The largest absolute Gasteiger partial charge is 0.496 e. The van der Waals surface area contributed by atoms with Crippen LogP contribution in [0.4, 0.5) is 0 Å². The van der Waals surface area contributed by atoms with Crippen molar-refractivity contribution >= 4 is 0 Å². The molecule has 0 saturated carbocycles. The van der Waals surface area contributed by atoms with Crippen molar-refractivity contribution < 1.29 is 14.2 Å². The zero-order valence-electron chi connectivity index (χ0n) is 16.6. The Morgan fingerprint density at radius 3 is 1.79 bits per heavy atom. The van der Waals surface area contributed by atoms with E-state index >= 15 is 0 Å². The molecule has 0 aliphatic heterocycles. The normalized spacial score (nSPS) is 10.6. The van der Waals surface area contributed by atoms with Crippen LogP contribution in [0.2, 0.25) is 0 Å². The van der Waals surface area contributed by atoms with Crippen LogP contribution in [0.15, 0.2) is 72.8 Å². The van der Waals surface area contributed by atoms with Crippen LogP contribution in [-0.4, -0.2) is 31.3 Å². The van der Waals surface area contributed by atoms with Gasteiger partial charge in [-0.3, -0.25) is 0 Å². The molecule has 146 valence electrons. The molecular formula is C24H22N2O3. The molecule has 0 fully saturated rings. The fraction of sp³-hybridized carbons (Fsp3) is 0.125. The van der Waals surface area contributed by atoms with Crippen molar-refractivity contribution in [3.63, 3.8) is 0 Å². The van der Waals surface area contributed by atoms with Gasteiger partial charge in [0.25, 0.3) is 0 Å². The molecule has 0 unspecified atom stereocenters. The predicted octanol–water partition coefficient (Wildman–Crippen LogP) is 5.44. The minimum absolute atomic E-state index is 0.603. The van der Waals surface area contributed by atoms with Crippen molar-refractivity contribution in [2.24, 2.45) is 0 Å². The molecule has 29 heavy (non-hydrogen) atoms. The smallest absolute Gasteiger partial charge is 0.164 e. The van der Waals surface area contributed by atoms with Crippen LogP contribution in [-0.2, 0) is 0 Å². The SMILES string of the molecule is COc1cc(OC)c(-c2nc(-c3ccccc3)c(-c3ccccc3)[nH]2)cc1OC. The maximum absolute atomic E-state index is 5.61. The summed E-state index contributed by atoms with van der Waals surface area (Å²) in [6.45, 7) is 0. The molecule has 0 aliphatic carbocycles. The standard InChI is InChI=1S/C24H22N2O3/c1-27-19-15-21(29-3)20(28-2)14-18(19)24-25-22(16-10-6-4-7-11-16)23(26-24)17-12-8-5-9-13-17/h4-15H,1-3H3,(H,25,26). The summed E-state index contributed by atoms with van der Waals surface area (Å²) in [5.41, 5.74) is 4.72. The molecule has 1 N–H and O–H groups in total. The zero-order valence-corrected chi connectivity index (χ0v) is 16.6. The molecular weight excluding hydrogens is 364 g/mol. The number of nitrogens with one attached hydrogen (secondary N) is 1. The molecule has 5 nitrogen and oxygen atoms in total. The molecule has 0 aliphatic rings. The van der Waals surface area contributed by atoms with Gasteiger partial charge in [-0.05, 0) is 6.07 Å². The molecule has 0 radical (unpaired) electrons. The van der Waals surface area contributed by atoms with Gasteiger partial charge in [-0.2, -0.15) is 0 Å². The number of aromatic nitrogens is 2. The summed E-state index contributed by atoms with van der Waals surface area (Å²) < 4.78 is 16.5. The Morgan fingerprint density at radius 1 is 0.655 bits per heavy atom. The average Bonchev–Trinajstić information content (AvgIpc) is 3.24. The van der Waals surface area contributed by atoms with Gasteiger partial charge in [0.1, 0.15) is 11.6 Å². The third-order valence-electron chi connectivity index (χ3n) is 4.77. The molecule has 5 heteroatoms. The summed E-state index contributed by atoms with van der Waals surface area (Å²) >= 11 is 0. The van der Waals surface area contributed by atoms with E-state index in [0.29, 0.717) is 23.1 Å². The number of hydrogen-bond acceptors (Lipinski definition) is 4. The fourth-order valence-electron chi connectivity index (χ4n) is 3.33. The Labute approximate surface area is 169 Å². The number of rotatable bonds is 6. The van der Waals surface area contributed by atoms with Crippen LogP contribution in [0.5, 0.6) is 17.2 Å². The van der Waals surface area contributed by atoms with Gasteiger partial charge in [0.2, 0.25) is 0 Å². The first-order chi connectivity index (χ1) is 14.2. The first-order valence-electron chi connectivity index (χ1n) is 9.26. The van der Waals surface area contributed by atoms with E-state index in [4.69, 9.17) is 19.2 Å². The summed E-state index contributed by atoms with van der Waals surface area (Å²) in [5, 5.41) is 0. The molecule has 0 spiro atoms. The highest BCUT2D eigenvalue weighted by atomic mass is 16.5. The molecule has 1 aromatic heterocycles. The lowest BCUT2D eigenvalue weighted by molar-refractivity contribution is 0.349. The predicted molar refractivity (Wildman–Crippen MR) is 115 cm³/mol. The van der Waals surface area contributed by atoms with E-state index in [-0.39, 0.29) is 0 Å². The van der Waals surface area contributed by atoms with Crippen molar-refractivity contribution in [1.82, 2.24) is 9.97 Å². The summed E-state index contributed by atoms with van der Waals surface area (Å²) in [7, 11) is 4.84. The monoisotopic (exact) mass is 386 g/mol. The Bertz CT molecular complexity index is 1050. The number of ether oxygens (including phenoxy) is 3. The van der Waals surface area contributed by atoms with Gasteiger partial charge in [-0.15, -0.1) is 0 Å². The molecule has 0 amide bonds. The number of imidazole rings is 1. The minimum atomic E-state index is 0.603. The number of methoxy groups -OCH3 is 3. The highest BCUT2D eigenvalue weighted by molar-refractivity contribution is 5.82. The average molecular weight is 386 g/mol. The molecule has 3 aromatic carbocycles. The van der Waals surface area contributed by atoms with Gasteiger partial charge in [0, 0.05) is 17.2 Å². The minimum Gasteiger partial charge on any atom is -0.496 e. The highest BCUT2D eigenvalue weighted by Gasteiger charge is 2.20. The van der Waals surface area contributed by atoms with Gasteiger partial charge < -0.3 is 19.2 Å². The van der Waals surface area contributed by atoms with Crippen LogP contribution < -0.4 is 14.2 Å². The number of nitrogens with zero attached hydrogens (tertiary/aromatic N) is 1. The first kappa shape index (κ1) is 18.6. The molecule has 4 aromatic rings. The Morgan fingerprint density at radius 2 is 1.21 bits per heavy atom. The van der Waals surface area contributed by atoms with Crippen LogP contribution in [0.25, 0.3) is 33.9 Å². The number of H-pyrrole nitrogens is 1. The molecule has 0 atom stereocenters. The van der Waals surface area contributed by atoms with E-state index in [2.05, 4.69) is 29.2 Å². The number of benzene rings is 3. The molecule has 1 heterocycles. The van der Waals surface area contributed by atoms with Crippen molar-refractivity contribution in [3.8, 4) is 51.2 Å². The van der Waals surface area contributed by atoms with Gasteiger partial charge in [-0.1, -0.05) is 60.7 Å². The third kappa shape index (κ3) is 3.55. The van der Waals surface area contributed by atoms with Crippen molar-refractivity contribution in [2.75, 3.05) is 21.3 Å². The maximum Gasteiger partial charge on any atom is 0.164 e. The van der Waals surface area contributed by atoms with Crippen LogP contribution in [0.1, 0.15) is 0 Å². The van der Waals surface area contributed by atoms with E-state index in [0.717, 1.165) is 28.1 Å². The van der Waals surface area contributed by atoms with Gasteiger partial charge in [-0.25, -0.2) is 4.98 Å². The second kappa shape index (κ2) is 8.10. The van der Waals surface area contributed by atoms with E-state index in [9.17, 15) is 0 Å². The quantitative estimate of drug-likeness (QED) is 0.480. The van der Waals surface area contributed by atoms with Gasteiger partial charge in [0.05, 0.1) is 38.3 Å². The Balaban J connectivity index is 1.93. The topological polar surface area (TPSA) is 56.4 Å². The van der Waals surface area contributed by atoms with E-state index in [1.165, 1.54) is 0 Å². The summed E-state index contributed by atoms with van der Waals surface area (Å²) in [6, 6.07) is 24.0.